The van der Waals surface area contributed by atoms with Gasteiger partial charge in [0.25, 0.3) is 0 Å². The molecule has 0 fully saturated rings. The number of cyclic esters (lactones) is 1. The van der Waals surface area contributed by atoms with Crippen molar-refractivity contribution >= 4 is 22.1 Å². The third-order valence-electron chi connectivity index (χ3n) is 5.52. The summed E-state index contributed by atoms with van der Waals surface area (Å²) in [5, 5.41) is 8.91. The van der Waals surface area contributed by atoms with Crippen molar-refractivity contribution in [2.75, 3.05) is 0 Å². The molecule has 0 radical (unpaired) electrons. The van der Waals surface area contributed by atoms with Crippen molar-refractivity contribution in [1.82, 2.24) is 0 Å². The average molecular weight is 469 g/mol. The number of aliphatic carboxylic acids is 1. The van der Waals surface area contributed by atoms with Gasteiger partial charge in [-0.05, 0) is 51.3 Å². The molecule has 1 heterocycles. The number of allylic oxidation sites excluding steroid dienone is 2. The maximum atomic E-state index is 13.1. The summed E-state index contributed by atoms with van der Waals surface area (Å²) in [6, 6.07) is 6.14. The van der Waals surface area contributed by atoms with Crippen LogP contribution in [0.25, 0.3) is 0 Å². The number of carbonyl (C=O) groups excluding carboxylic acids is 1. The zero-order chi connectivity index (χ0) is 24.3. The number of benzene rings is 2. The normalized spacial score (nSPS) is 13.3. The maximum Gasteiger partial charge on any atom is 0.342 e. The van der Waals surface area contributed by atoms with Gasteiger partial charge in [-0.1, -0.05) is 35.3 Å². The highest BCUT2D eigenvalue weighted by Crippen LogP contribution is 2.40. The van der Waals surface area contributed by atoms with Crippen LogP contribution in [0.15, 0.2) is 40.8 Å². The van der Waals surface area contributed by atoms with E-state index in [0.29, 0.717) is 28.7 Å². The van der Waals surface area contributed by atoms with E-state index in [4.69, 9.17) is 20.4 Å². The molecule has 3 rings (SSSR count). The minimum Gasteiger partial charge on any atom is -0.481 e. The largest absolute Gasteiger partial charge is 0.481 e. The van der Waals surface area contributed by atoms with Gasteiger partial charge in [0.15, 0.2) is 5.75 Å². The standard InChI is InChI=1S/C25H24O7S/c1-5-19-17(4)21-14-31-25(28)23(21)24(20(19)12-8-16(3)9-13-22(26)27)32-33(29,30)18-10-6-15(2)7-11-18/h1,6-8,10-11H,9,12-14H2,2-4H3,(H,26,27). The van der Waals surface area contributed by atoms with Crippen molar-refractivity contribution in [2.24, 2.45) is 0 Å². The van der Waals surface area contributed by atoms with Gasteiger partial charge in [0.1, 0.15) is 17.1 Å². The third-order valence-corrected chi connectivity index (χ3v) is 6.75. The number of carboxylic acid groups (broad SMARTS) is 1. The molecule has 8 heteroatoms. The Kier molecular flexibility index (Phi) is 6.94. The monoisotopic (exact) mass is 468 g/mol. The summed E-state index contributed by atoms with van der Waals surface area (Å²) in [5.41, 5.74) is 3.64. The average Bonchev–Trinajstić information content (AvgIpc) is 3.15. The number of aryl methyl sites for hydroxylation is 1. The molecule has 33 heavy (non-hydrogen) atoms. The number of ether oxygens (including phenoxy) is 1. The van der Waals surface area contributed by atoms with E-state index in [1.165, 1.54) is 12.1 Å². The number of hydrogen-bond donors (Lipinski definition) is 1. The molecule has 1 aliphatic heterocycles. The van der Waals surface area contributed by atoms with Crippen LogP contribution in [0.2, 0.25) is 0 Å². The molecule has 0 unspecified atom stereocenters. The molecule has 0 aromatic heterocycles. The molecule has 0 saturated heterocycles. The lowest BCUT2D eigenvalue weighted by atomic mass is 9.90. The molecule has 0 amide bonds. The molecule has 0 atom stereocenters. The van der Waals surface area contributed by atoms with E-state index in [-0.39, 0.29) is 35.7 Å². The first-order valence-electron chi connectivity index (χ1n) is 10.3. The van der Waals surface area contributed by atoms with Crippen LogP contribution >= 0.6 is 0 Å². The quantitative estimate of drug-likeness (QED) is 0.269. The molecule has 1 N–H and O–H groups in total. The molecule has 0 aliphatic carbocycles. The van der Waals surface area contributed by atoms with Crippen molar-refractivity contribution in [1.29, 1.82) is 0 Å². The Balaban J connectivity index is 2.15. The minimum absolute atomic E-state index is 0.0244. The summed E-state index contributed by atoms with van der Waals surface area (Å²) in [7, 11) is -4.27. The fourth-order valence-corrected chi connectivity index (χ4v) is 4.57. The number of hydrogen-bond acceptors (Lipinski definition) is 6. The maximum absolute atomic E-state index is 13.1. The fraction of sp³-hybridized carbons (Fsp3) is 0.280. The van der Waals surface area contributed by atoms with Gasteiger partial charge in [0.2, 0.25) is 0 Å². The Labute approximate surface area is 193 Å². The number of carboxylic acids is 1. The Morgan fingerprint density at radius 2 is 1.91 bits per heavy atom. The minimum atomic E-state index is -4.27. The summed E-state index contributed by atoms with van der Waals surface area (Å²) >= 11 is 0. The number of esters is 1. The Bertz CT molecular complexity index is 1290. The highest BCUT2D eigenvalue weighted by Gasteiger charge is 2.34. The zero-order valence-corrected chi connectivity index (χ0v) is 19.4. The van der Waals surface area contributed by atoms with Gasteiger partial charge in [-0.25, -0.2) is 4.79 Å². The summed E-state index contributed by atoms with van der Waals surface area (Å²) in [6.07, 6.45) is 7.97. The van der Waals surface area contributed by atoms with Gasteiger partial charge in [-0.3, -0.25) is 4.79 Å². The van der Waals surface area contributed by atoms with Gasteiger partial charge in [-0.2, -0.15) is 8.42 Å². The van der Waals surface area contributed by atoms with Crippen molar-refractivity contribution in [3.8, 4) is 18.1 Å². The number of fused-ring (bicyclic) bond motifs is 1. The molecule has 2 aromatic rings. The topological polar surface area (TPSA) is 107 Å². The second kappa shape index (κ2) is 9.51. The van der Waals surface area contributed by atoms with E-state index in [0.717, 1.165) is 11.1 Å². The SMILES string of the molecule is C#Cc1c(C)c2c(c(OS(=O)(=O)c3ccc(C)cc3)c1CC=C(C)CCC(=O)O)C(=O)OC2. The summed E-state index contributed by atoms with van der Waals surface area (Å²) in [4.78, 5) is 23.3. The van der Waals surface area contributed by atoms with Gasteiger partial charge >= 0.3 is 22.1 Å². The first-order chi connectivity index (χ1) is 15.5. The number of rotatable bonds is 8. The second-order valence-corrected chi connectivity index (χ2v) is 9.43. The predicted molar refractivity (Wildman–Crippen MR) is 122 cm³/mol. The highest BCUT2D eigenvalue weighted by atomic mass is 32.2. The lowest BCUT2D eigenvalue weighted by Gasteiger charge is -2.18. The van der Waals surface area contributed by atoms with Crippen LogP contribution in [0.5, 0.6) is 5.75 Å². The molecule has 172 valence electrons. The lowest BCUT2D eigenvalue weighted by molar-refractivity contribution is -0.136. The van der Waals surface area contributed by atoms with Crippen LogP contribution in [-0.4, -0.2) is 25.5 Å². The number of carbonyl (C=O) groups is 2. The van der Waals surface area contributed by atoms with Crippen LogP contribution in [-0.2, 0) is 32.7 Å². The van der Waals surface area contributed by atoms with Crippen LogP contribution in [0.3, 0.4) is 0 Å². The third kappa shape index (κ3) is 5.10. The first kappa shape index (κ1) is 24.1. The van der Waals surface area contributed by atoms with Crippen molar-refractivity contribution in [3.05, 3.63) is 69.3 Å². The summed E-state index contributed by atoms with van der Waals surface area (Å²) in [6.45, 7) is 5.33. The highest BCUT2D eigenvalue weighted by molar-refractivity contribution is 7.87. The van der Waals surface area contributed by atoms with E-state index >= 15 is 0 Å². The van der Waals surface area contributed by atoms with Crippen molar-refractivity contribution < 1.29 is 32.0 Å². The van der Waals surface area contributed by atoms with Crippen molar-refractivity contribution in [2.45, 2.75) is 51.5 Å². The number of terminal acetylenes is 1. The predicted octanol–water partition coefficient (Wildman–Crippen LogP) is 4.08. The van der Waals surface area contributed by atoms with E-state index in [1.807, 2.05) is 6.92 Å². The first-order valence-corrected chi connectivity index (χ1v) is 11.7. The molecule has 0 saturated carbocycles. The molecule has 7 nitrogen and oxygen atoms in total. The van der Waals surface area contributed by atoms with Gasteiger partial charge in [-0.15, -0.1) is 6.42 Å². The van der Waals surface area contributed by atoms with Crippen LogP contribution in [0.4, 0.5) is 0 Å². The van der Waals surface area contributed by atoms with Crippen molar-refractivity contribution in [3.63, 3.8) is 0 Å². The Morgan fingerprint density at radius 3 is 2.52 bits per heavy atom. The van der Waals surface area contributed by atoms with Crippen LogP contribution in [0.1, 0.15) is 57.9 Å². The molecule has 0 spiro atoms. The van der Waals surface area contributed by atoms with E-state index < -0.39 is 22.1 Å². The lowest BCUT2D eigenvalue weighted by Crippen LogP contribution is -2.15. The van der Waals surface area contributed by atoms with Gasteiger partial charge in [0, 0.05) is 23.1 Å². The van der Waals surface area contributed by atoms with Gasteiger partial charge in [0.05, 0.1) is 0 Å². The second-order valence-electron chi connectivity index (χ2n) is 7.88. The van der Waals surface area contributed by atoms with Crippen LogP contribution < -0.4 is 4.18 Å². The molecular formula is C25H24O7S. The van der Waals surface area contributed by atoms with Crippen LogP contribution in [0, 0.1) is 26.2 Å². The van der Waals surface area contributed by atoms with E-state index in [1.54, 1.807) is 32.1 Å². The zero-order valence-electron chi connectivity index (χ0n) is 18.6. The summed E-state index contributed by atoms with van der Waals surface area (Å²) < 4.78 is 36.8. The molecular weight excluding hydrogens is 444 g/mol. The molecule has 0 bridgehead atoms. The summed E-state index contributed by atoms with van der Waals surface area (Å²) in [5.74, 6) is 0.844. The van der Waals surface area contributed by atoms with Gasteiger partial charge < -0.3 is 14.0 Å². The fourth-order valence-electron chi connectivity index (χ4n) is 3.60. The molecule has 1 aliphatic rings. The Hall–Kier alpha value is -3.57. The molecule has 2 aromatic carbocycles. The van der Waals surface area contributed by atoms with E-state index in [2.05, 4.69) is 5.92 Å². The Morgan fingerprint density at radius 1 is 1.24 bits per heavy atom. The smallest absolute Gasteiger partial charge is 0.342 e. The van der Waals surface area contributed by atoms with E-state index in [9.17, 15) is 18.0 Å².